The molecule has 2 nitrogen and oxygen atoms in total. The second-order valence-electron chi connectivity index (χ2n) is 6.01. The summed E-state index contributed by atoms with van der Waals surface area (Å²) in [5.74, 6) is 1.83. The van der Waals surface area contributed by atoms with Gasteiger partial charge in [0.2, 0.25) is 0 Å². The van der Waals surface area contributed by atoms with Gasteiger partial charge in [-0.3, -0.25) is 0 Å². The third kappa shape index (κ3) is 5.00. The third-order valence-electron chi connectivity index (χ3n) is 4.34. The summed E-state index contributed by atoms with van der Waals surface area (Å²) in [6.45, 7) is 6.04. The summed E-state index contributed by atoms with van der Waals surface area (Å²) in [5, 5.41) is 3.73. The molecule has 1 unspecified atom stereocenters. The Morgan fingerprint density at radius 3 is 2.67 bits per heavy atom. The molecule has 0 radical (unpaired) electrons. The molecule has 0 bridgehead atoms. The molecular formula is C18H28BrNO. The summed E-state index contributed by atoms with van der Waals surface area (Å²) in [6.07, 6.45) is 8.06. The van der Waals surface area contributed by atoms with Gasteiger partial charge >= 0.3 is 0 Å². The van der Waals surface area contributed by atoms with E-state index in [1.54, 1.807) is 0 Å². The van der Waals surface area contributed by atoms with E-state index in [9.17, 15) is 0 Å². The summed E-state index contributed by atoms with van der Waals surface area (Å²) in [5.41, 5.74) is 1.37. The van der Waals surface area contributed by atoms with E-state index in [2.05, 4.69) is 46.4 Å². The molecule has 0 saturated heterocycles. The lowest BCUT2D eigenvalue weighted by Gasteiger charge is -2.24. The summed E-state index contributed by atoms with van der Waals surface area (Å²) in [6, 6.07) is 6.88. The molecule has 0 heterocycles. The standard InChI is InChI=1S/C18H28BrNO/c1-3-11-20-18(12-14-7-5-6-8-14)16-10-9-15(21-4-2)13-17(16)19/h9-10,13-14,18,20H,3-8,11-12H2,1-2H3. The molecule has 118 valence electrons. The van der Waals surface area contributed by atoms with Gasteiger partial charge < -0.3 is 10.1 Å². The largest absolute Gasteiger partial charge is 0.494 e. The van der Waals surface area contributed by atoms with Crippen molar-refractivity contribution in [2.24, 2.45) is 5.92 Å². The molecule has 0 aromatic heterocycles. The van der Waals surface area contributed by atoms with Crippen LogP contribution in [0.3, 0.4) is 0 Å². The average Bonchev–Trinajstić information content (AvgIpc) is 2.97. The Bertz CT molecular complexity index is 429. The van der Waals surface area contributed by atoms with Crippen molar-refractivity contribution in [2.45, 2.75) is 58.4 Å². The van der Waals surface area contributed by atoms with Gasteiger partial charge in [0.25, 0.3) is 0 Å². The molecule has 1 aliphatic rings. The maximum absolute atomic E-state index is 5.59. The Labute approximate surface area is 137 Å². The highest BCUT2D eigenvalue weighted by molar-refractivity contribution is 9.10. The number of hydrogen-bond acceptors (Lipinski definition) is 2. The molecule has 1 aliphatic carbocycles. The second kappa shape index (κ2) is 8.79. The number of hydrogen-bond donors (Lipinski definition) is 1. The Morgan fingerprint density at radius 1 is 1.29 bits per heavy atom. The van der Waals surface area contributed by atoms with E-state index in [4.69, 9.17) is 4.74 Å². The first-order valence-electron chi connectivity index (χ1n) is 8.40. The van der Waals surface area contributed by atoms with Crippen molar-refractivity contribution in [3.8, 4) is 5.75 Å². The lowest BCUT2D eigenvalue weighted by atomic mass is 9.93. The Hall–Kier alpha value is -0.540. The summed E-state index contributed by atoms with van der Waals surface area (Å²) >= 11 is 3.74. The highest BCUT2D eigenvalue weighted by atomic mass is 79.9. The van der Waals surface area contributed by atoms with Crippen LogP contribution in [0.4, 0.5) is 0 Å². The molecule has 0 spiro atoms. The van der Waals surface area contributed by atoms with Gasteiger partial charge in [0.1, 0.15) is 5.75 Å². The van der Waals surface area contributed by atoms with Crippen LogP contribution in [-0.2, 0) is 0 Å². The van der Waals surface area contributed by atoms with Gasteiger partial charge in [-0.05, 0) is 49.9 Å². The van der Waals surface area contributed by atoms with Crippen LogP contribution in [-0.4, -0.2) is 13.2 Å². The predicted octanol–water partition coefficient (Wildman–Crippen LogP) is 5.47. The monoisotopic (exact) mass is 353 g/mol. The van der Waals surface area contributed by atoms with Crippen LogP contribution in [0.15, 0.2) is 22.7 Å². The van der Waals surface area contributed by atoms with E-state index in [0.717, 1.165) is 18.2 Å². The Balaban J connectivity index is 2.10. The zero-order chi connectivity index (χ0) is 15.1. The van der Waals surface area contributed by atoms with E-state index in [1.165, 1.54) is 48.6 Å². The fourth-order valence-electron chi connectivity index (χ4n) is 3.27. The van der Waals surface area contributed by atoms with E-state index in [0.29, 0.717) is 12.6 Å². The van der Waals surface area contributed by atoms with Crippen molar-refractivity contribution in [3.63, 3.8) is 0 Å². The third-order valence-corrected chi connectivity index (χ3v) is 5.03. The second-order valence-corrected chi connectivity index (χ2v) is 6.86. The number of benzene rings is 1. The van der Waals surface area contributed by atoms with Gasteiger partial charge in [0.15, 0.2) is 0 Å². The first-order valence-corrected chi connectivity index (χ1v) is 9.19. The molecule has 0 aliphatic heterocycles. The van der Waals surface area contributed by atoms with Gasteiger partial charge in [0.05, 0.1) is 6.61 Å². The molecule has 3 heteroatoms. The minimum atomic E-state index is 0.457. The summed E-state index contributed by atoms with van der Waals surface area (Å²) in [4.78, 5) is 0. The van der Waals surface area contributed by atoms with Crippen LogP contribution in [0.1, 0.15) is 64.0 Å². The van der Waals surface area contributed by atoms with Gasteiger partial charge in [-0.25, -0.2) is 0 Å². The molecule has 1 aromatic rings. The maximum atomic E-state index is 5.59. The van der Waals surface area contributed by atoms with Crippen molar-refractivity contribution >= 4 is 15.9 Å². The van der Waals surface area contributed by atoms with Crippen LogP contribution < -0.4 is 10.1 Å². The highest BCUT2D eigenvalue weighted by Gasteiger charge is 2.22. The van der Waals surface area contributed by atoms with E-state index < -0.39 is 0 Å². The molecule has 1 fully saturated rings. The van der Waals surface area contributed by atoms with Gasteiger partial charge in [-0.1, -0.05) is 54.6 Å². The lowest BCUT2D eigenvalue weighted by Crippen LogP contribution is -2.24. The first kappa shape index (κ1) is 16.8. The van der Waals surface area contributed by atoms with Crippen LogP contribution in [0.25, 0.3) is 0 Å². The number of nitrogens with one attached hydrogen (secondary N) is 1. The molecule has 1 atom stereocenters. The van der Waals surface area contributed by atoms with Crippen LogP contribution in [0, 0.1) is 5.92 Å². The minimum Gasteiger partial charge on any atom is -0.494 e. The van der Waals surface area contributed by atoms with Gasteiger partial charge in [0, 0.05) is 10.5 Å². The van der Waals surface area contributed by atoms with E-state index in [-0.39, 0.29) is 0 Å². The molecule has 1 saturated carbocycles. The van der Waals surface area contributed by atoms with Crippen molar-refractivity contribution in [1.82, 2.24) is 5.32 Å². The fourth-order valence-corrected chi connectivity index (χ4v) is 3.90. The van der Waals surface area contributed by atoms with Crippen LogP contribution >= 0.6 is 15.9 Å². The SMILES string of the molecule is CCCNC(CC1CCCC1)c1ccc(OCC)cc1Br. The summed E-state index contributed by atoms with van der Waals surface area (Å²) < 4.78 is 6.75. The normalized spacial score (nSPS) is 17.1. The molecule has 2 rings (SSSR count). The fraction of sp³-hybridized carbons (Fsp3) is 0.667. The minimum absolute atomic E-state index is 0.457. The average molecular weight is 354 g/mol. The summed E-state index contributed by atoms with van der Waals surface area (Å²) in [7, 11) is 0. The van der Waals surface area contributed by atoms with E-state index in [1.807, 2.05) is 6.92 Å². The molecule has 0 amide bonds. The predicted molar refractivity (Wildman–Crippen MR) is 92.9 cm³/mol. The smallest absolute Gasteiger partial charge is 0.120 e. The highest BCUT2D eigenvalue weighted by Crippen LogP contribution is 2.36. The topological polar surface area (TPSA) is 21.3 Å². The Morgan fingerprint density at radius 2 is 2.05 bits per heavy atom. The Kier molecular flexibility index (Phi) is 7.05. The lowest BCUT2D eigenvalue weighted by molar-refractivity contribution is 0.339. The van der Waals surface area contributed by atoms with Crippen molar-refractivity contribution in [1.29, 1.82) is 0 Å². The van der Waals surface area contributed by atoms with Crippen molar-refractivity contribution in [3.05, 3.63) is 28.2 Å². The van der Waals surface area contributed by atoms with Crippen LogP contribution in [0.5, 0.6) is 5.75 Å². The quantitative estimate of drug-likeness (QED) is 0.668. The van der Waals surface area contributed by atoms with Gasteiger partial charge in [-0.15, -0.1) is 0 Å². The molecule has 1 aromatic carbocycles. The zero-order valence-electron chi connectivity index (χ0n) is 13.3. The molecule has 21 heavy (non-hydrogen) atoms. The molecule has 1 N–H and O–H groups in total. The first-order chi connectivity index (χ1) is 10.2. The van der Waals surface area contributed by atoms with Crippen LogP contribution in [0.2, 0.25) is 0 Å². The van der Waals surface area contributed by atoms with Gasteiger partial charge in [-0.2, -0.15) is 0 Å². The zero-order valence-corrected chi connectivity index (χ0v) is 14.9. The number of halogens is 1. The maximum Gasteiger partial charge on any atom is 0.120 e. The van der Waals surface area contributed by atoms with Crippen molar-refractivity contribution in [2.75, 3.05) is 13.2 Å². The van der Waals surface area contributed by atoms with Crippen molar-refractivity contribution < 1.29 is 4.74 Å². The van der Waals surface area contributed by atoms with E-state index >= 15 is 0 Å². The number of rotatable bonds is 8. The number of ether oxygens (including phenoxy) is 1. The molecular weight excluding hydrogens is 326 g/mol.